The molecule has 0 saturated carbocycles. The van der Waals surface area contributed by atoms with Gasteiger partial charge in [0, 0.05) is 12.1 Å². The van der Waals surface area contributed by atoms with Crippen LogP contribution < -0.4 is 4.74 Å². The number of hydrogen-bond donors (Lipinski definition) is 2. The molecular formula is C19H23NO5. The van der Waals surface area contributed by atoms with Crippen LogP contribution in [0.4, 0.5) is 0 Å². The quantitative estimate of drug-likeness (QED) is 0.618. The monoisotopic (exact) mass is 345 g/mol. The third kappa shape index (κ3) is 7.99. The van der Waals surface area contributed by atoms with Gasteiger partial charge in [-0.15, -0.1) is 0 Å². The van der Waals surface area contributed by atoms with Gasteiger partial charge in [0.05, 0.1) is 6.61 Å². The van der Waals surface area contributed by atoms with Crippen molar-refractivity contribution < 1.29 is 24.5 Å². The number of ether oxygens (including phenoxy) is 1. The van der Waals surface area contributed by atoms with E-state index in [1.807, 2.05) is 18.2 Å². The third-order valence-corrected chi connectivity index (χ3v) is 3.16. The second kappa shape index (κ2) is 10.8. The lowest BCUT2D eigenvalue weighted by Gasteiger charge is -2.13. The van der Waals surface area contributed by atoms with Crippen molar-refractivity contribution in [3.05, 3.63) is 54.6 Å². The van der Waals surface area contributed by atoms with Gasteiger partial charge < -0.3 is 19.8 Å². The van der Waals surface area contributed by atoms with Gasteiger partial charge >= 0.3 is 11.9 Å². The van der Waals surface area contributed by atoms with Crippen molar-refractivity contribution in [2.45, 2.75) is 6.42 Å². The van der Waals surface area contributed by atoms with Gasteiger partial charge in [0.25, 0.3) is 0 Å². The van der Waals surface area contributed by atoms with Crippen LogP contribution in [0.15, 0.2) is 54.6 Å². The maximum Gasteiger partial charge on any atom is 0.414 e. The van der Waals surface area contributed by atoms with Crippen LogP contribution in [0.2, 0.25) is 0 Å². The Balaban J connectivity index is 0.000000450. The van der Waals surface area contributed by atoms with Gasteiger partial charge in [0.1, 0.15) is 5.75 Å². The fourth-order valence-electron chi connectivity index (χ4n) is 2.01. The zero-order chi connectivity index (χ0) is 18.7. The Morgan fingerprint density at radius 1 is 0.920 bits per heavy atom. The molecule has 0 bridgehead atoms. The summed E-state index contributed by atoms with van der Waals surface area (Å²) < 4.78 is 5.92. The molecule has 2 aromatic rings. The highest BCUT2D eigenvalue weighted by Crippen LogP contribution is 2.29. The number of carbonyl (C=O) groups is 2. The lowest BCUT2D eigenvalue weighted by molar-refractivity contribution is -0.159. The molecule has 0 amide bonds. The summed E-state index contributed by atoms with van der Waals surface area (Å²) in [6, 6.07) is 18.6. The number of para-hydroxylation sites is 1. The van der Waals surface area contributed by atoms with Crippen molar-refractivity contribution >= 4 is 11.9 Å². The van der Waals surface area contributed by atoms with E-state index in [2.05, 4.69) is 55.4 Å². The number of aliphatic carboxylic acids is 2. The molecule has 134 valence electrons. The van der Waals surface area contributed by atoms with Crippen molar-refractivity contribution in [3.8, 4) is 16.9 Å². The fraction of sp³-hybridized carbons (Fsp3) is 0.263. The first kappa shape index (κ1) is 20.2. The second-order valence-electron chi connectivity index (χ2n) is 5.48. The summed E-state index contributed by atoms with van der Waals surface area (Å²) in [5, 5.41) is 14.8. The largest absolute Gasteiger partial charge is 0.493 e. The van der Waals surface area contributed by atoms with E-state index in [1.165, 1.54) is 5.56 Å². The minimum Gasteiger partial charge on any atom is -0.493 e. The van der Waals surface area contributed by atoms with Gasteiger partial charge in [-0.2, -0.15) is 0 Å². The topological polar surface area (TPSA) is 87.1 Å². The van der Waals surface area contributed by atoms with E-state index in [0.717, 1.165) is 30.9 Å². The van der Waals surface area contributed by atoms with Crippen LogP contribution in [0.1, 0.15) is 6.42 Å². The molecule has 0 saturated heterocycles. The Kier molecular flexibility index (Phi) is 8.74. The van der Waals surface area contributed by atoms with Crippen LogP contribution >= 0.6 is 0 Å². The Morgan fingerprint density at radius 3 is 2.04 bits per heavy atom. The molecule has 0 fully saturated rings. The van der Waals surface area contributed by atoms with Crippen LogP contribution in [0.5, 0.6) is 5.75 Å². The summed E-state index contributed by atoms with van der Waals surface area (Å²) in [5.74, 6) is -2.68. The van der Waals surface area contributed by atoms with Crippen molar-refractivity contribution in [1.82, 2.24) is 4.90 Å². The molecular weight excluding hydrogens is 322 g/mol. The van der Waals surface area contributed by atoms with Gasteiger partial charge in [-0.25, -0.2) is 9.59 Å². The Morgan fingerprint density at radius 2 is 1.48 bits per heavy atom. The molecule has 2 rings (SSSR count). The van der Waals surface area contributed by atoms with Crippen LogP contribution in [0.3, 0.4) is 0 Å². The van der Waals surface area contributed by atoms with E-state index >= 15 is 0 Å². The average molecular weight is 345 g/mol. The molecule has 0 aromatic heterocycles. The Hall–Kier alpha value is -2.86. The molecule has 0 unspecified atom stereocenters. The standard InChI is InChI=1S/C17H21NO.C2H2O4/c1-18(2)13-8-14-19-17-12-7-6-11-16(17)15-9-4-3-5-10-15;3-1(4)2(5)6/h3-7,9-12H,8,13-14H2,1-2H3;(H,3,4)(H,5,6). The highest BCUT2D eigenvalue weighted by molar-refractivity contribution is 6.27. The van der Waals surface area contributed by atoms with Gasteiger partial charge in [0.15, 0.2) is 0 Å². The second-order valence-corrected chi connectivity index (χ2v) is 5.48. The summed E-state index contributed by atoms with van der Waals surface area (Å²) in [5.41, 5.74) is 2.36. The lowest BCUT2D eigenvalue weighted by atomic mass is 10.1. The zero-order valence-corrected chi connectivity index (χ0v) is 14.4. The van der Waals surface area contributed by atoms with Crippen LogP contribution in [0.25, 0.3) is 11.1 Å². The number of rotatable bonds is 6. The Labute approximate surface area is 147 Å². The predicted molar refractivity (Wildman–Crippen MR) is 95.8 cm³/mol. The number of carboxylic acids is 2. The maximum atomic E-state index is 9.10. The van der Waals surface area contributed by atoms with Crippen LogP contribution in [-0.4, -0.2) is 54.3 Å². The number of nitrogens with zero attached hydrogens (tertiary/aromatic N) is 1. The summed E-state index contributed by atoms with van der Waals surface area (Å²) in [6.07, 6.45) is 1.04. The van der Waals surface area contributed by atoms with Crippen LogP contribution in [0, 0.1) is 0 Å². The summed E-state index contributed by atoms with van der Waals surface area (Å²) in [4.78, 5) is 20.4. The maximum absolute atomic E-state index is 9.10. The van der Waals surface area contributed by atoms with Crippen molar-refractivity contribution in [3.63, 3.8) is 0 Å². The third-order valence-electron chi connectivity index (χ3n) is 3.16. The van der Waals surface area contributed by atoms with Crippen molar-refractivity contribution in [2.75, 3.05) is 27.2 Å². The first-order valence-corrected chi connectivity index (χ1v) is 7.80. The number of hydrogen-bond acceptors (Lipinski definition) is 4. The fourth-order valence-corrected chi connectivity index (χ4v) is 2.01. The Bertz CT molecular complexity index is 659. The number of benzene rings is 2. The first-order chi connectivity index (χ1) is 11.9. The van der Waals surface area contributed by atoms with E-state index < -0.39 is 11.9 Å². The SMILES string of the molecule is CN(C)CCCOc1ccccc1-c1ccccc1.O=C(O)C(=O)O. The molecule has 0 aliphatic carbocycles. The summed E-state index contributed by atoms with van der Waals surface area (Å²) in [7, 11) is 4.16. The van der Waals surface area contributed by atoms with E-state index in [4.69, 9.17) is 24.5 Å². The van der Waals surface area contributed by atoms with E-state index in [9.17, 15) is 0 Å². The highest BCUT2D eigenvalue weighted by Gasteiger charge is 2.05. The average Bonchev–Trinajstić information content (AvgIpc) is 2.60. The van der Waals surface area contributed by atoms with Gasteiger partial charge in [-0.05, 0) is 32.1 Å². The number of carboxylic acid groups (broad SMARTS) is 2. The minimum absolute atomic E-state index is 0.752. The van der Waals surface area contributed by atoms with Gasteiger partial charge in [-0.3, -0.25) is 0 Å². The summed E-state index contributed by atoms with van der Waals surface area (Å²) in [6.45, 7) is 1.80. The highest BCUT2D eigenvalue weighted by atomic mass is 16.5. The van der Waals surface area contributed by atoms with E-state index in [1.54, 1.807) is 0 Å². The summed E-state index contributed by atoms with van der Waals surface area (Å²) >= 11 is 0. The molecule has 0 heterocycles. The predicted octanol–water partition coefficient (Wildman–Crippen LogP) is 2.84. The van der Waals surface area contributed by atoms with Gasteiger partial charge in [-0.1, -0.05) is 48.5 Å². The molecule has 2 aromatic carbocycles. The molecule has 6 heteroatoms. The van der Waals surface area contributed by atoms with E-state index in [0.29, 0.717) is 0 Å². The lowest BCUT2D eigenvalue weighted by Crippen LogP contribution is -2.15. The molecule has 0 aliphatic rings. The molecule has 6 nitrogen and oxygen atoms in total. The molecule has 0 aliphatic heterocycles. The normalized spacial score (nSPS) is 9.88. The molecule has 2 N–H and O–H groups in total. The molecule has 0 atom stereocenters. The first-order valence-electron chi connectivity index (χ1n) is 7.80. The van der Waals surface area contributed by atoms with E-state index in [-0.39, 0.29) is 0 Å². The molecule has 0 radical (unpaired) electrons. The smallest absolute Gasteiger partial charge is 0.414 e. The van der Waals surface area contributed by atoms with Crippen molar-refractivity contribution in [2.24, 2.45) is 0 Å². The molecule has 25 heavy (non-hydrogen) atoms. The minimum atomic E-state index is -1.82. The molecule has 0 spiro atoms. The van der Waals surface area contributed by atoms with Crippen LogP contribution in [-0.2, 0) is 9.59 Å². The van der Waals surface area contributed by atoms with Gasteiger partial charge in [0.2, 0.25) is 0 Å². The zero-order valence-electron chi connectivity index (χ0n) is 14.4. The van der Waals surface area contributed by atoms with Crippen molar-refractivity contribution in [1.29, 1.82) is 0 Å².